The highest BCUT2D eigenvalue weighted by Gasteiger charge is 2.29. The van der Waals surface area contributed by atoms with Crippen LogP contribution in [0, 0.1) is 0 Å². The lowest BCUT2D eigenvalue weighted by atomic mass is 10.1. The minimum absolute atomic E-state index is 0.0366. The summed E-state index contributed by atoms with van der Waals surface area (Å²) >= 11 is 0. The molecule has 1 aliphatic carbocycles. The highest BCUT2D eigenvalue weighted by molar-refractivity contribution is 6.04. The van der Waals surface area contributed by atoms with Crippen molar-refractivity contribution in [1.82, 2.24) is 9.78 Å². The average Bonchev–Trinajstić information content (AvgIpc) is 3.40. The lowest BCUT2D eigenvalue weighted by molar-refractivity contribution is 0.100. The molecule has 0 aliphatic heterocycles. The van der Waals surface area contributed by atoms with Crippen molar-refractivity contribution in [2.45, 2.75) is 25.7 Å². The molecule has 130 valence electrons. The van der Waals surface area contributed by atoms with Gasteiger partial charge in [0.2, 0.25) is 0 Å². The molecule has 2 aromatic carbocycles. The number of carbonyl (C=O) groups is 2. The van der Waals surface area contributed by atoms with Gasteiger partial charge in [-0.05, 0) is 50.1 Å². The van der Waals surface area contributed by atoms with E-state index in [1.165, 1.54) is 6.92 Å². The Morgan fingerprint density at radius 3 is 2.50 bits per heavy atom. The Bertz CT molecular complexity index is 972. The standard InChI is InChI=1S/C21H19N3O2/c1-14(25)16-6-5-7-17(12-16)22-21(26)19-13-20(15-10-11-15)24(23-19)18-8-3-2-4-9-18/h2-9,12-13,15H,10-11H2,1H3,(H,22,26). The normalized spacial score (nSPS) is 13.4. The molecular weight excluding hydrogens is 326 g/mol. The molecule has 1 amide bonds. The Kier molecular flexibility index (Phi) is 4.13. The van der Waals surface area contributed by atoms with Gasteiger partial charge in [-0.1, -0.05) is 30.3 Å². The van der Waals surface area contributed by atoms with E-state index < -0.39 is 0 Å². The van der Waals surface area contributed by atoms with Crippen LogP contribution < -0.4 is 5.32 Å². The number of nitrogens with zero attached hydrogens (tertiary/aromatic N) is 2. The molecular formula is C21H19N3O2. The van der Waals surface area contributed by atoms with Crippen molar-refractivity contribution in [3.05, 3.63) is 77.6 Å². The topological polar surface area (TPSA) is 64.0 Å². The van der Waals surface area contributed by atoms with Crippen LogP contribution in [-0.2, 0) is 0 Å². The summed E-state index contributed by atoms with van der Waals surface area (Å²) in [6, 6.07) is 18.6. The highest BCUT2D eigenvalue weighted by Crippen LogP contribution is 2.41. The number of aromatic nitrogens is 2. The summed E-state index contributed by atoms with van der Waals surface area (Å²) in [4.78, 5) is 24.2. The molecule has 1 fully saturated rings. The molecule has 1 aliphatic rings. The summed E-state index contributed by atoms with van der Waals surface area (Å²) in [7, 11) is 0. The quantitative estimate of drug-likeness (QED) is 0.705. The number of hydrogen-bond donors (Lipinski definition) is 1. The van der Waals surface area contributed by atoms with E-state index in [2.05, 4.69) is 10.4 Å². The van der Waals surface area contributed by atoms with Crippen molar-refractivity contribution < 1.29 is 9.59 Å². The second kappa shape index (κ2) is 6.59. The van der Waals surface area contributed by atoms with Crippen LogP contribution >= 0.6 is 0 Å². The fourth-order valence-corrected chi connectivity index (χ4v) is 2.96. The fourth-order valence-electron chi connectivity index (χ4n) is 2.96. The number of carbonyl (C=O) groups excluding carboxylic acids is 2. The van der Waals surface area contributed by atoms with Gasteiger partial charge in [-0.25, -0.2) is 4.68 Å². The molecule has 26 heavy (non-hydrogen) atoms. The lowest BCUT2D eigenvalue weighted by Crippen LogP contribution is -2.13. The van der Waals surface area contributed by atoms with Gasteiger partial charge in [-0.3, -0.25) is 9.59 Å². The molecule has 1 saturated carbocycles. The predicted molar refractivity (Wildman–Crippen MR) is 99.9 cm³/mol. The molecule has 0 atom stereocenters. The van der Waals surface area contributed by atoms with Crippen molar-refractivity contribution in [1.29, 1.82) is 0 Å². The number of rotatable bonds is 5. The minimum atomic E-state index is -0.276. The van der Waals surface area contributed by atoms with Crippen LogP contribution in [0.2, 0.25) is 0 Å². The van der Waals surface area contributed by atoms with Crippen molar-refractivity contribution in [2.75, 3.05) is 5.32 Å². The zero-order chi connectivity index (χ0) is 18.1. The maximum absolute atomic E-state index is 12.7. The number of para-hydroxylation sites is 1. The third kappa shape index (κ3) is 3.28. The lowest BCUT2D eigenvalue weighted by Gasteiger charge is -2.06. The van der Waals surface area contributed by atoms with Gasteiger partial charge in [0.25, 0.3) is 5.91 Å². The van der Waals surface area contributed by atoms with E-state index in [1.54, 1.807) is 24.3 Å². The van der Waals surface area contributed by atoms with Crippen LogP contribution in [0.1, 0.15) is 52.2 Å². The Hall–Kier alpha value is -3.21. The summed E-state index contributed by atoms with van der Waals surface area (Å²) in [5.41, 5.74) is 3.55. The SMILES string of the molecule is CC(=O)c1cccc(NC(=O)c2cc(C3CC3)n(-c3ccccc3)n2)c1. The first-order chi connectivity index (χ1) is 12.6. The largest absolute Gasteiger partial charge is 0.321 e. The van der Waals surface area contributed by atoms with Crippen molar-refractivity contribution in [2.24, 2.45) is 0 Å². The van der Waals surface area contributed by atoms with Gasteiger partial charge in [-0.2, -0.15) is 5.10 Å². The van der Waals surface area contributed by atoms with Gasteiger partial charge < -0.3 is 5.32 Å². The zero-order valence-corrected chi connectivity index (χ0v) is 14.5. The third-order valence-corrected chi connectivity index (χ3v) is 4.49. The highest BCUT2D eigenvalue weighted by atomic mass is 16.2. The molecule has 0 bridgehead atoms. The molecule has 0 spiro atoms. The first-order valence-corrected chi connectivity index (χ1v) is 8.69. The van der Waals surface area contributed by atoms with Gasteiger partial charge in [0.1, 0.15) is 0 Å². The minimum Gasteiger partial charge on any atom is -0.321 e. The molecule has 0 saturated heterocycles. The van der Waals surface area contributed by atoms with Crippen LogP contribution in [-0.4, -0.2) is 21.5 Å². The van der Waals surface area contributed by atoms with E-state index in [0.717, 1.165) is 24.2 Å². The van der Waals surface area contributed by atoms with Crippen LogP contribution in [0.3, 0.4) is 0 Å². The van der Waals surface area contributed by atoms with E-state index >= 15 is 0 Å². The summed E-state index contributed by atoms with van der Waals surface area (Å²) in [6.45, 7) is 1.50. The van der Waals surface area contributed by atoms with Gasteiger partial charge in [0.05, 0.1) is 5.69 Å². The number of amides is 1. The van der Waals surface area contributed by atoms with Crippen LogP contribution in [0.25, 0.3) is 5.69 Å². The van der Waals surface area contributed by atoms with Crippen LogP contribution in [0.4, 0.5) is 5.69 Å². The fraction of sp³-hybridized carbons (Fsp3) is 0.190. The van der Waals surface area contributed by atoms with E-state index in [9.17, 15) is 9.59 Å². The van der Waals surface area contributed by atoms with Gasteiger partial charge in [-0.15, -0.1) is 0 Å². The van der Waals surface area contributed by atoms with Gasteiger partial charge >= 0.3 is 0 Å². The van der Waals surface area contributed by atoms with Crippen molar-refractivity contribution in [3.63, 3.8) is 0 Å². The molecule has 1 aromatic heterocycles. The summed E-state index contributed by atoms with van der Waals surface area (Å²) in [6.07, 6.45) is 2.25. The molecule has 1 N–H and O–H groups in total. The monoisotopic (exact) mass is 345 g/mol. The first-order valence-electron chi connectivity index (χ1n) is 8.69. The Balaban J connectivity index is 1.62. The van der Waals surface area contributed by atoms with E-state index in [-0.39, 0.29) is 11.7 Å². The number of anilines is 1. The zero-order valence-electron chi connectivity index (χ0n) is 14.5. The van der Waals surface area contributed by atoms with Gasteiger partial charge in [0, 0.05) is 22.9 Å². The van der Waals surface area contributed by atoms with Gasteiger partial charge in [0.15, 0.2) is 11.5 Å². The van der Waals surface area contributed by atoms with Crippen LogP contribution in [0.5, 0.6) is 0 Å². The van der Waals surface area contributed by atoms with Crippen molar-refractivity contribution >= 4 is 17.4 Å². The molecule has 0 unspecified atom stereocenters. The third-order valence-electron chi connectivity index (χ3n) is 4.49. The Morgan fingerprint density at radius 2 is 1.81 bits per heavy atom. The maximum Gasteiger partial charge on any atom is 0.276 e. The molecule has 5 heteroatoms. The summed E-state index contributed by atoms with van der Waals surface area (Å²) in [5, 5.41) is 7.37. The summed E-state index contributed by atoms with van der Waals surface area (Å²) in [5.74, 6) is 0.151. The number of benzene rings is 2. The predicted octanol–water partition coefficient (Wildman–Crippen LogP) is 4.20. The second-order valence-corrected chi connectivity index (χ2v) is 6.57. The second-order valence-electron chi connectivity index (χ2n) is 6.57. The van der Waals surface area contributed by atoms with E-state index in [1.807, 2.05) is 41.1 Å². The smallest absolute Gasteiger partial charge is 0.276 e. The Labute approximate surface area is 151 Å². The van der Waals surface area contributed by atoms with E-state index in [0.29, 0.717) is 22.9 Å². The first kappa shape index (κ1) is 16.3. The van der Waals surface area contributed by atoms with Crippen molar-refractivity contribution in [3.8, 4) is 5.69 Å². The number of ketones is 1. The number of nitrogens with one attached hydrogen (secondary N) is 1. The van der Waals surface area contributed by atoms with E-state index in [4.69, 9.17) is 0 Å². The number of Topliss-reactive ketones (excluding diaryl/α,β-unsaturated/α-hetero) is 1. The molecule has 4 rings (SSSR count). The van der Waals surface area contributed by atoms with Crippen LogP contribution in [0.15, 0.2) is 60.7 Å². The molecule has 5 nitrogen and oxygen atoms in total. The molecule has 0 radical (unpaired) electrons. The average molecular weight is 345 g/mol. The Morgan fingerprint density at radius 1 is 1.04 bits per heavy atom. The molecule has 1 heterocycles. The summed E-state index contributed by atoms with van der Waals surface area (Å²) < 4.78 is 1.86. The number of hydrogen-bond acceptors (Lipinski definition) is 3. The molecule has 3 aromatic rings. The maximum atomic E-state index is 12.7.